The van der Waals surface area contributed by atoms with Crippen LogP contribution in [0, 0.1) is 3.57 Å². The molecule has 2 aromatic heterocycles. The lowest BCUT2D eigenvalue weighted by molar-refractivity contribution is 0.424. The van der Waals surface area contributed by atoms with Gasteiger partial charge < -0.3 is 0 Å². The van der Waals surface area contributed by atoms with E-state index in [1.807, 2.05) is 39.5 Å². The third-order valence-electron chi connectivity index (χ3n) is 3.25. The molecule has 0 spiro atoms. The molecule has 0 unspecified atom stereocenters. The van der Waals surface area contributed by atoms with Crippen LogP contribution in [0.15, 0.2) is 23.4 Å². The third-order valence-corrected chi connectivity index (χ3v) is 4.83. The lowest BCUT2D eigenvalue weighted by Gasteiger charge is -2.12. The summed E-state index contributed by atoms with van der Waals surface area (Å²) in [5.41, 5.74) is 0.710. The van der Waals surface area contributed by atoms with Crippen molar-refractivity contribution in [2.24, 2.45) is 0 Å². The predicted molar refractivity (Wildman–Crippen MR) is 87.2 cm³/mol. The minimum atomic E-state index is -0.136. The predicted octanol–water partition coefficient (Wildman–Crippen LogP) is 3.11. The van der Waals surface area contributed by atoms with Gasteiger partial charge >= 0.3 is 0 Å². The largest absolute Gasteiger partial charge is 0.292 e. The monoisotopic (exact) mass is 406 g/mol. The zero-order valence-corrected chi connectivity index (χ0v) is 14.3. The summed E-state index contributed by atoms with van der Waals surface area (Å²) >= 11 is 7.73. The van der Waals surface area contributed by atoms with Crippen LogP contribution in [0.25, 0.3) is 0 Å². The van der Waals surface area contributed by atoms with Gasteiger partial charge in [0, 0.05) is 6.20 Å². The molecule has 2 rings (SSSR count). The van der Waals surface area contributed by atoms with Crippen LogP contribution in [0.5, 0.6) is 0 Å². The molecule has 0 N–H and O–H groups in total. The highest BCUT2D eigenvalue weighted by atomic mass is 127. The van der Waals surface area contributed by atoms with Crippen molar-refractivity contribution in [3.05, 3.63) is 43.4 Å². The van der Waals surface area contributed by atoms with Crippen LogP contribution in [0.3, 0.4) is 0 Å². The highest BCUT2D eigenvalue weighted by Crippen LogP contribution is 2.15. The Morgan fingerprint density at radius 2 is 2.10 bits per heavy atom. The molecule has 2 aromatic rings. The second-order valence-corrected chi connectivity index (χ2v) is 5.98. The highest BCUT2D eigenvalue weighted by Gasteiger charge is 2.11. The normalized spacial score (nSPS) is 11.2. The molecule has 0 amide bonds. The summed E-state index contributed by atoms with van der Waals surface area (Å²) in [6.07, 6.45) is 5.51. The molecule has 0 aromatic carbocycles. The van der Waals surface area contributed by atoms with Crippen molar-refractivity contribution in [3.8, 4) is 0 Å². The number of rotatable bonds is 5. The number of aromatic nitrogens is 4. The SMILES string of the molecule is CCC(CC)n1ccc(Cn2cnc(Cl)c(I)c2=O)n1. The maximum Gasteiger partial charge on any atom is 0.268 e. The van der Waals surface area contributed by atoms with Gasteiger partial charge in [0.1, 0.15) is 8.72 Å². The fourth-order valence-electron chi connectivity index (χ4n) is 2.06. The molecule has 5 nitrogen and oxygen atoms in total. The zero-order valence-electron chi connectivity index (χ0n) is 11.4. The second-order valence-electron chi connectivity index (χ2n) is 4.54. The first kappa shape index (κ1) is 15.5. The first-order chi connectivity index (χ1) is 9.56. The molecule has 0 aliphatic rings. The molecule has 0 aliphatic heterocycles. The molecule has 7 heteroatoms. The quantitative estimate of drug-likeness (QED) is 0.566. The van der Waals surface area contributed by atoms with Crippen LogP contribution in [-0.2, 0) is 6.54 Å². The average Bonchev–Trinajstić information content (AvgIpc) is 2.89. The smallest absolute Gasteiger partial charge is 0.268 e. The highest BCUT2D eigenvalue weighted by molar-refractivity contribution is 14.1. The van der Waals surface area contributed by atoms with Crippen LogP contribution in [-0.4, -0.2) is 19.3 Å². The molecule has 0 radical (unpaired) electrons. The average molecular weight is 407 g/mol. The van der Waals surface area contributed by atoms with Gasteiger partial charge in [0.05, 0.1) is 24.6 Å². The first-order valence-electron chi connectivity index (χ1n) is 6.51. The molecule has 0 aliphatic carbocycles. The Balaban J connectivity index is 2.23. The molecule has 0 bridgehead atoms. The molecule has 108 valence electrons. The third kappa shape index (κ3) is 3.22. The van der Waals surface area contributed by atoms with Crippen LogP contribution >= 0.6 is 34.2 Å². The van der Waals surface area contributed by atoms with Gasteiger partial charge in [-0.25, -0.2) is 4.98 Å². The van der Waals surface area contributed by atoms with E-state index in [-0.39, 0.29) is 10.7 Å². The summed E-state index contributed by atoms with van der Waals surface area (Å²) in [7, 11) is 0. The van der Waals surface area contributed by atoms with Gasteiger partial charge in [-0.1, -0.05) is 25.4 Å². The summed E-state index contributed by atoms with van der Waals surface area (Å²) in [5, 5.41) is 4.78. The Hall–Kier alpha value is -0.890. The van der Waals surface area contributed by atoms with Crippen molar-refractivity contribution in [1.82, 2.24) is 19.3 Å². The van der Waals surface area contributed by atoms with Crippen molar-refractivity contribution in [1.29, 1.82) is 0 Å². The summed E-state index contributed by atoms with van der Waals surface area (Å²) < 4.78 is 3.92. The van der Waals surface area contributed by atoms with E-state index >= 15 is 0 Å². The maximum absolute atomic E-state index is 12.0. The fourth-order valence-corrected chi connectivity index (χ4v) is 2.63. The molecule has 2 heterocycles. The lowest BCUT2D eigenvalue weighted by Crippen LogP contribution is -2.24. The van der Waals surface area contributed by atoms with E-state index in [2.05, 4.69) is 23.9 Å². The van der Waals surface area contributed by atoms with Crippen LogP contribution in [0.4, 0.5) is 0 Å². The first-order valence-corrected chi connectivity index (χ1v) is 7.96. The van der Waals surface area contributed by atoms with Gasteiger partial charge in [-0.2, -0.15) is 5.10 Å². The molecule has 20 heavy (non-hydrogen) atoms. The Morgan fingerprint density at radius 3 is 2.75 bits per heavy atom. The Labute approximate surface area is 136 Å². The maximum atomic E-state index is 12.0. The second kappa shape index (κ2) is 6.71. The van der Waals surface area contributed by atoms with Gasteiger partial charge in [-0.05, 0) is 41.5 Å². The van der Waals surface area contributed by atoms with Crippen molar-refractivity contribution >= 4 is 34.2 Å². The number of hydrogen-bond donors (Lipinski definition) is 0. The zero-order chi connectivity index (χ0) is 14.7. The van der Waals surface area contributed by atoms with Crippen LogP contribution in [0.2, 0.25) is 5.15 Å². The van der Waals surface area contributed by atoms with E-state index in [0.717, 1.165) is 18.5 Å². The standard InChI is InChI=1S/C13H16ClIN4O/c1-3-10(4-2)19-6-5-9(17-19)7-18-8-16-12(14)11(15)13(18)20/h5-6,8,10H,3-4,7H2,1-2H3. The minimum Gasteiger partial charge on any atom is -0.292 e. The van der Waals surface area contributed by atoms with E-state index in [1.165, 1.54) is 10.9 Å². The summed E-state index contributed by atoms with van der Waals surface area (Å²) in [6, 6.07) is 2.34. The Morgan fingerprint density at radius 1 is 1.40 bits per heavy atom. The van der Waals surface area contributed by atoms with E-state index in [4.69, 9.17) is 11.6 Å². The van der Waals surface area contributed by atoms with E-state index in [9.17, 15) is 4.79 Å². The minimum absolute atomic E-state index is 0.136. The summed E-state index contributed by atoms with van der Waals surface area (Å²) in [4.78, 5) is 16.0. The summed E-state index contributed by atoms with van der Waals surface area (Å²) in [6.45, 7) is 4.70. The van der Waals surface area contributed by atoms with Crippen molar-refractivity contribution in [3.63, 3.8) is 0 Å². The lowest BCUT2D eigenvalue weighted by atomic mass is 10.2. The topological polar surface area (TPSA) is 52.7 Å². The molecular formula is C13H16ClIN4O. The van der Waals surface area contributed by atoms with Crippen LogP contribution < -0.4 is 5.56 Å². The molecule has 0 fully saturated rings. The van der Waals surface area contributed by atoms with Gasteiger partial charge in [0.25, 0.3) is 5.56 Å². The number of halogens is 2. The molecule has 0 saturated carbocycles. The van der Waals surface area contributed by atoms with E-state index < -0.39 is 0 Å². The Bertz CT molecular complexity index is 648. The number of nitrogens with zero attached hydrogens (tertiary/aromatic N) is 4. The molecule has 0 atom stereocenters. The van der Waals surface area contributed by atoms with Gasteiger partial charge in [-0.15, -0.1) is 0 Å². The van der Waals surface area contributed by atoms with Gasteiger partial charge in [0.15, 0.2) is 0 Å². The van der Waals surface area contributed by atoms with Crippen molar-refractivity contribution < 1.29 is 0 Å². The summed E-state index contributed by atoms with van der Waals surface area (Å²) in [5.74, 6) is 0. The molecular weight excluding hydrogens is 391 g/mol. The van der Waals surface area contributed by atoms with Crippen molar-refractivity contribution in [2.75, 3.05) is 0 Å². The Kier molecular flexibility index (Phi) is 5.20. The van der Waals surface area contributed by atoms with Gasteiger partial charge in [0.2, 0.25) is 0 Å². The van der Waals surface area contributed by atoms with Crippen molar-refractivity contribution in [2.45, 2.75) is 39.3 Å². The number of hydrogen-bond acceptors (Lipinski definition) is 3. The fraction of sp³-hybridized carbons (Fsp3) is 0.462. The van der Waals surface area contributed by atoms with Gasteiger partial charge in [-0.3, -0.25) is 14.0 Å². The van der Waals surface area contributed by atoms with E-state index in [1.54, 1.807) is 0 Å². The molecule has 0 saturated heterocycles. The van der Waals surface area contributed by atoms with Crippen LogP contribution in [0.1, 0.15) is 38.4 Å². The van der Waals surface area contributed by atoms with E-state index in [0.29, 0.717) is 16.2 Å².